The molecular weight excluding hydrogens is 276 g/mol. The summed E-state index contributed by atoms with van der Waals surface area (Å²) in [5.74, 6) is -2.02. The minimum Gasteiger partial charge on any atom is -0.497 e. The number of benzene rings is 1. The van der Waals surface area contributed by atoms with Gasteiger partial charge in [-0.25, -0.2) is 0 Å². The summed E-state index contributed by atoms with van der Waals surface area (Å²) in [5, 5.41) is 19.8. The number of methoxy groups -OCH3 is 1. The Labute approximate surface area is 119 Å². The van der Waals surface area contributed by atoms with Crippen molar-refractivity contribution in [1.29, 1.82) is 5.26 Å². The van der Waals surface area contributed by atoms with Crippen LogP contribution in [-0.4, -0.2) is 17.8 Å². The Balaban J connectivity index is 2.33. The van der Waals surface area contributed by atoms with Crippen LogP contribution in [0.3, 0.4) is 0 Å². The highest BCUT2D eigenvalue weighted by molar-refractivity contribution is 6.00. The number of Topliss-reactive ketones (excluding diaryl/α,β-unsaturated/α-hetero) is 1. The number of hydrogen-bond donors (Lipinski definition) is 0. The zero-order valence-corrected chi connectivity index (χ0v) is 11.0. The first-order valence-electron chi connectivity index (χ1n) is 5.89. The largest absolute Gasteiger partial charge is 0.497 e. The number of carbonyl (C=O) groups excluding carboxylic acids is 1. The molecule has 0 N–H and O–H groups in total. The van der Waals surface area contributed by atoms with Crippen LogP contribution in [0.4, 0.5) is 5.88 Å². The highest BCUT2D eigenvalue weighted by atomic mass is 16.6. The van der Waals surface area contributed by atoms with Crippen molar-refractivity contribution in [3.63, 3.8) is 0 Å². The van der Waals surface area contributed by atoms with Crippen molar-refractivity contribution < 1.29 is 18.9 Å². The number of nitriles is 1. The predicted octanol–water partition coefficient (Wildman–Crippen LogP) is 2.69. The molecule has 7 heteroatoms. The SMILES string of the molecule is COc1cccc(C(C#N)C(=O)c2ccc([N+](=O)[O-])o2)c1. The van der Waals surface area contributed by atoms with Crippen LogP contribution in [0.25, 0.3) is 0 Å². The van der Waals surface area contributed by atoms with Crippen molar-refractivity contribution in [3.8, 4) is 11.8 Å². The monoisotopic (exact) mass is 286 g/mol. The third-order valence-electron chi connectivity index (χ3n) is 2.83. The molecule has 0 fully saturated rings. The average molecular weight is 286 g/mol. The zero-order chi connectivity index (χ0) is 15.4. The van der Waals surface area contributed by atoms with Crippen molar-refractivity contribution in [1.82, 2.24) is 0 Å². The van der Waals surface area contributed by atoms with E-state index in [0.717, 1.165) is 6.07 Å². The highest BCUT2D eigenvalue weighted by Gasteiger charge is 2.26. The predicted molar refractivity (Wildman–Crippen MR) is 71.0 cm³/mol. The van der Waals surface area contributed by atoms with Crippen molar-refractivity contribution in [2.45, 2.75) is 5.92 Å². The van der Waals surface area contributed by atoms with Gasteiger partial charge in [0, 0.05) is 0 Å². The molecule has 0 spiro atoms. The minimum atomic E-state index is -1.12. The summed E-state index contributed by atoms with van der Waals surface area (Å²) < 4.78 is 9.87. The molecule has 1 atom stereocenters. The topological polar surface area (TPSA) is 106 Å². The summed E-state index contributed by atoms with van der Waals surface area (Å²) in [7, 11) is 1.47. The van der Waals surface area contributed by atoms with E-state index in [1.54, 1.807) is 24.3 Å². The number of ether oxygens (including phenoxy) is 1. The number of rotatable bonds is 5. The van der Waals surface area contributed by atoms with E-state index in [4.69, 9.17) is 9.15 Å². The van der Waals surface area contributed by atoms with E-state index < -0.39 is 22.5 Å². The number of nitrogens with zero attached hydrogens (tertiary/aromatic N) is 2. The van der Waals surface area contributed by atoms with Gasteiger partial charge in [-0.3, -0.25) is 14.9 Å². The average Bonchev–Trinajstić information content (AvgIpc) is 2.98. The molecule has 21 heavy (non-hydrogen) atoms. The second-order valence-electron chi connectivity index (χ2n) is 4.10. The van der Waals surface area contributed by atoms with Gasteiger partial charge in [0.25, 0.3) is 0 Å². The van der Waals surface area contributed by atoms with Gasteiger partial charge in [-0.05, 0) is 23.8 Å². The number of furan rings is 1. The van der Waals surface area contributed by atoms with Crippen LogP contribution < -0.4 is 4.74 Å². The summed E-state index contributed by atoms with van der Waals surface area (Å²) in [5.41, 5.74) is 0.431. The molecule has 0 aliphatic heterocycles. The molecule has 0 amide bonds. The Kier molecular flexibility index (Phi) is 4.00. The quantitative estimate of drug-likeness (QED) is 0.475. The number of carbonyl (C=O) groups is 1. The molecule has 0 saturated heterocycles. The van der Waals surface area contributed by atoms with Gasteiger partial charge in [0.2, 0.25) is 5.78 Å². The van der Waals surface area contributed by atoms with Crippen LogP contribution in [0.15, 0.2) is 40.8 Å². The first kappa shape index (κ1) is 14.3. The number of nitro groups is 1. The van der Waals surface area contributed by atoms with E-state index in [0.29, 0.717) is 11.3 Å². The summed E-state index contributed by atoms with van der Waals surface area (Å²) >= 11 is 0. The Bertz CT molecular complexity index is 729. The Hall–Kier alpha value is -3.14. The van der Waals surface area contributed by atoms with E-state index in [1.807, 2.05) is 6.07 Å². The second kappa shape index (κ2) is 5.88. The summed E-state index contributed by atoms with van der Waals surface area (Å²) in [6.45, 7) is 0. The van der Waals surface area contributed by atoms with Gasteiger partial charge >= 0.3 is 5.88 Å². The maximum Gasteiger partial charge on any atom is 0.433 e. The Morgan fingerprint density at radius 3 is 2.76 bits per heavy atom. The zero-order valence-electron chi connectivity index (χ0n) is 11.0. The van der Waals surface area contributed by atoms with Gasteiger partial charge in [-0.2, -0.15) is 5.26 Å². The first-order valence-corrected chi connectivity index (χ1v) is 5.89. The third-order valence-corrected chi connectivity index (χ3v) is 2.83. The van der Waals surface area contributed by atoms with Crippen molar-refractivity contribution in [3.05, 3.63) is 57.8 Å². The molecule has 1 aromatic heterocycles. The summed E-state index contributed by atoms with van der Waals surface area (Å²) in [6.07, 6.45) is 0. The smallest absolute Gasteiger partial charge is 0.433 e. The van der Waals surface area contributed by atoms with Crippen LogP contribution >= 0.6 is 0 Å². The molecule has 7 nitrogen and oxygen atoms in total. The van der Waals surface area contributed by atoms with Gasteiger partial charge < -0.3 is 9.15 Å². The van der Waals surface area contributed by atoms with E-state index >= 15 is 0 Å². The maximum absolute atomic E-state index is 12.2. The van der Waals surface area contributed by atoms with Crippen LogP contribution in [0.1, 0.15) is 22.0 Å². The molecular formula is C14H10N2O5. The van der Waals surface area contributed by atoms with Crippen molar-refractivity contribution >= 4 is 11.7 Å². The molecule has 1 heterocycles. The summed E-state index contributed by atoms with van der Waals surface area (Å²) in [6, 6.07) is 10.6. The van der Waals surface area contributed by atoms with Gasteiger partial charge in [0.1, 0.15) is 16.6 Å². The fourth-order valence-corrected chi connectivity index (χ4v) is 1.81. The lowest BCUT2D eigenvalue weighted by Crippen LogP contribution is -2.10. The van der Waals surface area contributed by atoms with Gasteiger partial charge in [-0.1, -0.05) is 12.1 Å². The standard InChI is InChI=1S/C14H10N2O5/c1-20-10-4-2-3-9(7-10)11(8-15)14(17)12-5-6-13(21-12)16(18)19/h2-7,11H,1H3. The summed E-state index contributed by atoms with van der Waals surface area (Å²) in [4.78, 5) is 22.0. The molecule has 0 radical (unpaired) electrons. The molecule has 2 rings (SSSR count). The van der Waals surface area contributed by atoms with Gasteiger partial charge in [0.05, 0.1) is 19.2 Å². The number of ketones is 1. The van der Waals surface area contributed by atoms with Crippen LogP contribution in [0.5, 0.6) is 5.75 Å². The first-order chi connectivity index (χ1) is 10.1. The lowest BCUT2D eigenvalue weighted by Gasteiger charge is -2.08. The maximum atomic E-state index is 12.2. The van der Waals surface area contributed by atoms with E-state index in [9.17, 15) is 20.2 Å². The van der Waals surface area contributed by atoms with E-state index in [2.05, 4.69) is 0 Å². The molecule has 2 aromatic rings. The van der Waals surface area contributed by atoms with E-state index in [-0.39, 0.29) is 5.76 Å². The molecule has 0 bridgehead atoms. The third kappa shape index (κ3) is 2.90. The molecule has 0 aliphatic rings. The molecule has 1 aromatic carbocycles. The van der Waals surface area contributed by atoms with Crippen LogP contribution in [-0.2, 0) is 0 Å². The number of hydrogen-bond acceptors (Lipinski definition) is 6. The highest BCUT2D eigenvalue weighted by Crippen LogP contribution is 2.26. The Morgan fingerprint density at radius 1 is 1.43 bits per heavy atom. The van der Waals surface area contributed by atoms with Crippen molar-refractivity contribution in [2.75, 3.05) is 7.11 Å². The van der Waals surface area contributed by atoms with Gasteiger partial charge in [0.15, 0.2) is 5.76 Å². The molecule has 0 saturated carbocycles. The van der Waals surface area contributed by atoms with Crippen molar-refractivity contribution in [2.24, 2.45) is 0 Å². The van der Waals surface area contributed by atoms with E-state index in [1.165, 1.54) is 13.2 Å². The van der Waals surface area contributed by atoms with Gasteiger partial charge in [-0.15, -0.1) is 0 Å². The minimum absolute atomic E-state index is 0.226. The second-order valence-corrected chi connectivity index (χ2v) is 4.10. The van der Waals surface area contributed by atoms with Crippen LogP contribution in [0.2, 0.25) is 0 Å². The van der Waals surface area contributed by atoms with Crippen LogP contribution in [0, 0.1) is 21.4 Å². The lowest BCUT2D eigenvalue weighted by molar-refractivity contribution is -0.402. The molecule has 1 unspecified atom stereocenters. The normalized spacial score (nSPS) is 11.4. The lowest BCUT2D eigenvalue weighted by atomic mass is 9.94. The Morgan fingerprint density at radius 2 is 2.19 bits per heavy atom. The molecule has 0 aliphatic carbocycles. The molecule has 106 valence electrons. The fourth-order valence-electron chi connectivity index (χ4n) is 1.81. The fraction of sp³-hybridized carbons (Fsp3) is 0.143.